The molecular formula is C19H28N2O3. The molecular weight excluding hydrogens is 304 g/mol. The van der Waals surface area contributed by atoms with Crippen LogP contribution in [-0.2, 0) is 16.0 Å². The maximum absolute atomic E-state index is 12.1. The van der Waals surface area contributed by atoms with Gasteiger partial charge in [-0.2, -0.15) is 0 Å². The number of aliphatic hydroxyl groups is 1. The molecule has 0 aromatic heterocycles. The van der Waals surface area contributed by atoms with Crippen molar-refractivity contribution in [3.63, 3.8) is 0 Å². The van der Waals surface area contributed by atoms with Crippen LogP contribution in [0.1, 0.15) is 51.0 Å². The standard InChI is InChI=1S/C19H28N2O3/c1-2-3-6-14-9-11-16(12-10-14)20-18(23)19(24)21-17-8-5-4-7-15(17)13-22/h9-12,15,17,22H,2-8,13H2,1H3,(H,20,23)(H,21,24). The van der Waals surface area contributed by atoms with Crippen LogP contribution in [-0.4, -0.2) is 29.6 Å². The number of anilines is 1. The van der Waals surface area contributed by atoms with Crippen LogP contribution >= 0.6 is 0 Å². The Morgan fingerprint density at radius 1 is 1.12 bits per heavy atom. The predicted molar refractivity (Wildman–Crippen MR) is 94.7 cm³/mol. The van der Waals surface area contributed by atoms with Crippen LogP contribution in [0.3, 0.4) is 0 Å². The van der Waals surface area contributed by atoms with Gasteiger partial charge in [0.25, 0.3) is 0 Å². The van der Waals surface area contributed by atoms with Gasteiger partial charge in [-0.3, -0.25) is 9.59 Å². The van der Waals surface area contributed by atoms with Crippen LogP contribution in [0.5, 0.6) is 0 Å². The molecule has 2 amide bonds. The summed E-state index contributed by atoms with van der Waals surface area (Å²) in [4.78, 5) is 24.1. The van der Waals surface area contributed by atoms with Crippen molar-refractivity contribution in [1.29, 1.82) is 0 Å². The van der Waals surface area contributed by atoms with Crippen LogP contribution < -0.4 is 10.6 Å². The Morgan fingerprint density at radius 2 is 1.83 bits per heavy atom. The molecule has 1 aliphatic carbocycles. The third-order valence-corrected chi connectivity index (χ3v) is 4.70. The molecule has 0 heterocycles. The summed E-state index contributed by atoms with van der Waals surface area (Å²) in [5.41, 5.74) is 1.85. The van der Waals surface area contributed by atoms with Gasteiger partial charge in [-0.15, -0.1) is 0 Å². The first-order chi connectivity index (χ1) is 11.6. The van der Waals surface area contributed by atoms with E-state index in [0.29, 0.717) is 5.69 Å². The second-order valence-corrected chi connectivity index (χ2v) is 6.56. The van der Waals surface area contributed by atoms with Crippen LogP contribution in [0.25, 0.3) is 0 Å². The third kappa shape index (κ3) is 5.34. The topological polar surface area (TPSA) is 78.4 Å². The fourth-order valence-corrected chi connectivity index (χ4v) is 3.17. The molecule has 5 nitrogen and oxygen atoms in total. The largest absolute Gasteiger partial charge is 0.396 e. The summed E-state index contributed by atoms with van der Waals surface area (Å²) >= 11 is 0. The molecule has 0 spiro atoms. The molecule has 5 heteroatoms. The number of aliphatic hydroxyl groups excluding tert-OH is 1. The highest BCUT2D eigenvalue weighted by Gasteiger charge is 2.27. The van der Waals surface area contributed by atoms with Crippen molar-refractivity contribution in [3.8, 4) is 0 Å². The van der Waals surface area contributed by atoms with E-state index in [4.69, 9.17) is 0 Å². The highest BCUT2D eigenvalue weighted by Crippen LogP contribution is 2.23. The molecule has 24 heavy (non-hydrogen) atoms. The van der Waals surface area contributed by atoms with E-state index < -0.39 is 11.8 Å². The molecule has 1 aromatic carbocycles. The first kappa shape index (κ1) is 18.5. The first-order valence-corrected chi connectivity index (χ1v) is 8.95. The average Bonchev–Trinajstić information content (AvgIpc) is 2.61. The highest BCUT2D eigenvalue weighted by molar-refractivity contribution is 6.39. The number of hydrogen-bond acceptors (Lipinski definition) is 3. The number of amides is 2. The number of rotatable bonds is 6. The number of benzene rings is 1. The molecule has 1 saturated carbocycles. The summed E-state index contributed by atoms with van der Waals surface area (Å²) in [7, 11) is 0. The molecule has 0 aliphatic heterocycles. The highest BCUT2D eigenvalue weighted by atomic mass is 16.3. The van der Waals surface area contributed by atoms with Crippen molar-refractivity contribution in [1.82, 2.24) is 5.32 Å². The van der Waals surface area contributed by atoms with Crippen LogP contribution in [0.15, 0.2) is 24.3 Å². The molecule has 0 radical (unpaired) electrons. The molecule has 0 bridgehead atoms. The minimum absolute atomic E-state index is 0.0474. The molecule has 1 aromatic rings. The lowest BCUT2D eigenvalue weighted by atomic mass is 9.85. The monoisotopic (exact) mass is 332 g/mol. The van der Waals surface area contributed by atoms with Gasteiger partial charge in [0.15, 0.2) is 0 Å². The summed E-state index contributed by atoms with van der Waals surface area (Å²) < 4.78 is 0. The van der Waals surface area contributed by atoms with E-state index in [2.05, 4.69) is 17.6 Å². The molecule has 0 saturated heterocycles. The maximum atomic E-state index is 12.1. The van der Waals surface area contributed by atoms with Gasteiger partial charge in [-0.1, -0.05) is 38.3 Å². The van der Waals surface area contributed by atoms with Gasteiger partial charge < -0.3 is 15.7 Å². The summed E-state index contributed by atoms with van der Waals surface area (Å²) in [6.07, 6.45) is 7.10. The fraction of sp³-hybridized carbons (Fsp3) is 0.579. The van der Waals surface area contributed by atoms with Gasteiger partial charge in [0.1, 0.15) is 0 Å². The zero-order chi connectivity index (χ0) is 17.4. The number of nitrogens with one attached hydrogen (secondary N) is 2. The van der Waals surface area contributed by atoms with E-state index in [1.807, 2.05) is 24.3 Å². The van der Waals surface area contributed by atoms with Crippen LogP contribution in [0.4, 0.5) is 5.69 Å². The van der Waals surface area contributed by atoms with E-state index in [0.717, 1.165) is 44.9 Å². The Morgan fingerprint density at radius 3 is 2.50 bits per heavy atom. The Balaban J connectivity index is 1.85. The van der Waals surface area contributed by atoms with E-state index in [1.165, 1.54) is 5.56 Å². The number of carbonyl (C=O) groups is 2. The van der Waals surface area contributed by atoms with Gasteiger partial charge in [-0.05, 0) is 43.4 Å². The summed E-state index contributed by atoms with van der Waals surface area (Å²) in [6, 6.07) is 7.50. The predicted octanol–water partition coefficient (Wildman–Crippen LogP) is 2.64. The third-order valence-electron chi connectivity index (χ3n) is 4.70. The SMILES string of the molecule is CCCCc1ccc(NC(=O)C(=O)NC2CCCCC2CO)cc1. The van der Waals surface area contributed by atoms with Crippen molar-refractivity contribution in [2.45, 2.75) is 57.9 Å². The van der Waals surface area contributed by atoms with Crippen molar-refractivity contribution < 1.29 is 14.7 Å². The first-order valence-electron chi connectivity index (χ1n) is 8.95. The van der Waals surface area contributed by atoms with Gasteiger partial charge in [-0.25, -0.2) is 0 Å². The second-order valence-electron chi connectivity index (χ2n) is 6.56. The normalized spacial score (nSPS) is 20.4. The summed E-state index contributed by atoms with van der Waals surface area (Å²) in [5, 5.41) is 14.8. The van der Waals surface area contributed by atoms with Crippen LogP contribution in [0.2, 0.25) is 0 Å². The second kappa shape index (κ2) is 9.42. The number of unbranched alkanes of at least 4 members (excludes halogenated alkanes) is 1. The van der Waals surface area contributed by atoms with Gasteiger partial charge >= 0.3 is 11.8 Å². The minimum Gasteiger partial charge on any atom is -0.396 e. The van der Waals surface area contributed by atoms with Crippen molar-refractivity contribution in [2.24, 2.45) is 5.92 Å². The van der Waals surface area contributed by atoms with E-state index in [-0.39, 0.29) is 18.6 Å². The molecule has 3 N–H and O–H groups in total. The van der Waals surface area contributed by atoms with Crippen molar-refractivity contribution in [2.75, 3.05) is 11.9 Å². The van der Waals surface area contributed by atoms with E-state index in [9.17, 15) is 14.7 Å². The van der Waals surface area contributed by atoms with Gasteiger partial charge in [0, 0.05) is 24.3 Å². The molecule has 1 aliphatic rings. The van der Waals surface area contributed by atoms with Crippen molar-refractivity contribution in [3.05, 3.63) is 29.8 Å². The van der Waals surface area contributed by atoms with Crippen molar-refractivity contribution >= 4 is 17.5 Å². The Labute approximate surface area is 143 Å². The summed E-state index contributed by atoms with van der Waals surface area (Å²) in [6.45, 7) is 2.20. The molecule has 1 fully saturated rings. The Kier molecular flexibility index (Phi) is 7.25. The molecule has 2 atom stereocenters. The number of aryl methyl sites for hydroxylation is 1. The minimum atomic E-state index is -0.654. The maximum Gasteiger partial charge on any atom is 0.313 e. The quantitative estimate of drug-likeness (QED) is 0.701. The lowest BCUT2D eigenvalue weighted by molar-refractivity contribution is -0.137. The molecule has 2 unspecified atom stereocenters. The number of hydrogen-bond donors (Lipinski definition) is 3. The zero-order valence-corrected chi connectivity index (χ0v) is 14.4. The molecule has 2 rings (SSSR count). The van der Waals surface area contributed by atoms with E-state index in [1.54, 1.807) is 0 Å². The van der Waals surface area contributed by atoms with Crippen LogP contribution in [0, 0.1) is 5.92 Å². The Bertz CT molecular complexity index is 542. The fourth-order valence-electron chi connectivity index (χ4n) is 3.17. The zero-order valence-electron chi connectivity index (χ0n) is 14.4. The average molecular weight is 332 g/mol. The number of carbonyl (C=O) groups excluding carboxylic acids is 2. The smallest absolute Gasteiger partial charge is 0.313 e. The summed E-state index contributed by atoms with van der Waals surface area (Å²) in [5.74, 6) is -1.23. The van der Waals surface area contributed by atoms with Gasteiger partial charge in [0.05, 0.1) is 0 Å². The molecule has 132 valence electrons. The van der Waals surface area contributed by atoms with E-state index >= 15 is 0 Å². The van der Waals surface area contributed by atoms with Gasteiger partial charge in [0.2, 0.25) is 0 Å². The lowest BCUT2D eigenvalue weighted by Gasteiger charge is -2.30. The lowest BCUT2D eigenvalue weighted by Crippen LogP contribution is -2.47. The Hall–Kier alpha value is -1.88.